The Morgan fingerprint density at radius 1 is 1.44 bits per heavy atom. The largest absolute Gasteiger partial charge is 0.492 e. The lowest BCUT2D eigenvalue weighted by Gasteiger charge is -2.13. The van der Waals surface area contributed by atoms with Crippen LogP contribution in [0.3, 0.4) is 0 Å². The van der Waals surface area contributed by atoms with Crippen LogP contribution in [-0.2, 0) is 0 Å². The number of hydrogen-bond acceptors (Lipinski definition) is 2. The molecule has 0 N–H and O–H groups in total. The van der Waals surface area contributed by atoms with Gasteiger partial charge in [-0.3, -0.25) is 0 Å². The summed E-state index contributed by atoms with van der Waals surface area (Å²) in [5.41, 5.74) is 1.74. The molecule has 0 saturated carbocycles. The van der Waals surface area contributed by atoms with E-state index in [4.69, 9.17) is 10.00 Å². The van der Waals surface area contributed by atoms with Crippen LogP contribution in [0.15, 0.2) is 18.2 Å². The molecule has 86 valence electrons. The minimum atomic E-state index is 0.539. The smallest absolute Gasteiger partial charge is 0.137 e. The van der Waals surface area contributed by atoms with Crippen LogP contribution in [0, 0.1) is 24.2 Å². The van der Waals surface area contributed by atoms with Crippen molar-refractivity contribution >= 4 is 0 Å². The van der Waals surface area contributed by atoms with Crippen LogP contribution in [0.2, 0.25) is 0 Å². The number of aryl methyl sites for hydroxylation is 1. The molecule has 0 radical (unpaired) electrons. The van der Waals surface area contributed by atoms with Crippen LogP contribution in [0.25, 0.3) is 0 Å². The summed E-state index contributed by atoms with van der Waals surface area (Å²) in [6, 6.07) is 7.83. The second-order valence-corrected chi connectivity index (χ2v) is 4.32. The highest BCUT2D eigenvalue weighted by Gasteiger charge is 2.06. The van der Waals surface area contributed by atoms with Gasteiger partial charge in [0, 0.05) is 0 Å². The van der Waals surface area contributed by atoms with Gasteiger partial charge in [0.1, 0.15) is 11.8 Å². The van der Waals surface area contributed by atoms with Crippen molar-refractivity contribution in [1.29, 1.82) is 5.26 Å². The number of ether oxygens (including phenoxy) is 1. The molecule has 0 amide bonds. The topological polar surface area (TPSA) is 33.0 Å². The van der Waals surface area contributed by atoms with Gasteiger partial charge in [0.25, 0.3) is 0 Å². The van der Waals surface area contributed by atoms with E-state index in [1.54, 1.807) is 0 Å². The van der Waals surface area contributed by atoms with Gasteiger partial charge in [-0.25, -0.2) is 0 Å². The van der Waals surface area contributed by atoms with E-state index in [-0.39, 0.29) is 0 Å². The molecule has 0 heterocycles. The number of hydrogen-bond donors (Lipinski definition) is 0. The Morgan fingerprint density at radius 2 is 2.19 bits per heavy atom. The van der Waals surface area contributed by atoms with Crippen molar-refractivity contribution in [3.05, 3.63) is 29.3 Å². The van der Waals surface area contributed by atoms with Gasteiger partial charge in [-0.15, -0.1) is 0 Å². The third-order valence-electron chi connectivity index (χ3n) is 2.56. The molecule has 0 saturated heterocycles. The van der Waals surface area contributed by atoms with Crippen molar-refractivity contribution in [3.63, 3.8) is 0 Å². The monoisotopic (exact) mass is 217 g/mol. The average Bonchev–Trinajstić information content (AvgIpc) is 2.27. The summed E-state index contributed by atoms with van der Waals surface area (Å²) in [6.45, 7) is 7.03. The Labute approximate surface area is 97.9 Å². The minimum Gasteiger partial charge on any atom is -0.492 e. The van der Waals surface area contributed by atoms with Crippen LogP contribution in [-0.4, -0.2) is 6.61 Å². The van der Waals surface area contributed by atoms with E-state index in [0.29, 0.717) is 23.8 Å². The Bertz CT molecular complexity index is 379. The predicted octanol–water partition coefficient (Wildman–Crippen LogP) is 3.68. The molecule has 16 heavy (non-hydrogen) atoms. The van der Waals surface area contributed by atoms with Gasteiger partial charge in [0.2, 0.25) is 0 Å². The number of nitriles is 1. The zero-order valence-corrected chi connectivity index (χ0v) is 10.3. The molecule has 2 nitrogen and oxygen atoms in total. The van der Waals surface area contributed by atoms with Gasteiger partial charge in [-0.2, -0.15) is 5.26 Å². The lowest BCUT2D eigenvalue weighted by Crippen LogP contribution is -2.09. The van der Waals surface area contributed by atoms with Crippen molar-refractivity contribution in [1.82, 2.24) is 0 Å². The first-order valence-corrected chi connectivity index (χ1v) is 5.81. The van der Waals surface area contributed by atoms with Gasteiger partial charge < -0.3 is 4.74 Å². The summed E-state index contributed by atoms with van der Waals surface area (Å²) < 4.78 is 5.70. The van der Waals surface area contributed by atoms with E-state index in [9.17, 15) is 0 Å². The van der Waals surface area contributed by atoms with Crippen LogP contribution in [0.1, 0.15) is 37.8 Å². The second kappa shape index (κ2) is 6.17. The SMILES string of the molecule is CCCC(C)COc1cc(C)ccc1C#N. The van der Waals surface area contributed by atoms with Crippen LogP contribution >= 0.6 is 0 Å². The zero-order valence-electron chi connectivity index (χ0n) is 10.3. The standard InChI is InChI=1S/C14H19NO/c1-4-5-12(3)10-16-14-8-11(2)6-7-13(14)9-15/h6-8,12H,4-5,10H2,1-3H3. The molecule has 1 aromatic carbocycles. The summed E-state index contributed by atoms with van der Waals surface area (Å²) >= 11 is 0. The lowest BCUT2D eigenvalue weighted by atomic mass is 10.1. The maximum Gasteiger partial charge on any atom is 0.137 e. The Hall–Kier alpha value is -1.49. The molecule has 1 rings (SSSR count). The van der Waals surface area contributed by atoms with Gasteiger partial charge in [0.05, 0.1) is 12.2 Å². The highest BCUT2D eigenvalue weighted by Crippen LogP contribution is 2.20. The molecular weight excluding hydrogens is 198 g/mol. The number of nitrogens with zero attached hydrogens (tertiary/aromatic N) is 1. The molecule has 1 unspecified atom stereocenters. The molecular formula is C14H19NO. The van der Waals surface area contributed by atoms with Gasteiger partial charge >= 0.3 is 0 Å². The van der Waals surface area contributed by atoms with Gasteiger partial charge in [0.15, 0.2) is 0 Å². The predicted molar refractivity (Wildman–Crippen MR) is 65.5 cm³/mol. The molecule has 0 fully saturated rings. The quantitative estimate of drug-likeness (QED) is 0.753. The highest BCUT2D eigenvalue weighted by atomic mass is 16.5. The molecule has 0 aliphatic rings. The summed E-state index contributed by atoms with van der Waals surface area (Å²) in [4.78, 5) is 0. The molecule has 1 atom stereocenters. The summed E-state index contributed by atoms with van der Waals surface area (Å²) in [5, 5.41) is 8.95. The van der Waals surface area contributed by atoms with E-state index in [1.165, 1.54) is 6.42 Å². The normalized spacial score (nSPS) is 11.9. The van der Waals surface area contributed by atoms with Crippen LogP contribution in [0.5, 0.6) is 5.75 Å². The molecule has 1 aromatic rings. The third-order valence-corrected chi connectivity index (χ3v) is 2.56. The number of benzene rings is 1. The third kappa shape index (κ3) is 3.58. The first kappa shape index (κ1) is 12.6. The molecule has 0 aliphatic carbocycles. The zero-order chi connectivity index (χ0) is 12.0. The van der Waals surface area contributed by atoms with E-state index < -0.39 is 0 Å². The fraction of sp³-hybridized carbons (Fsp3) is 0.500. The van der Waals surface area contributed by atoms with Gasteiger partial charge in [-0.1, -0.05) is 26.3 Å². The Balaban J connectivity index is 2.66. The highest BCUT2D eigenvalue weighted by molar-refractivity contribution is 5.44. The van der Waals surface area contributed by atoms with E-state index in [1.807, 2.05) is 25.1 Å². The molecule has 0 aliphatic heterocycles. The van der Waals surface area contributed by atoms with Crippen molar-refractivity contribution in [2.24, 2.45) is 5.92 Å². The second-order valence-electron chi connectivity index (χ2n) is 4.32. The Morgan fingerprint density at radius 3 is 2.81 bits per heavy atom. The van der Waals surface area contributed by atoms with Crippen molar-refractivity contribution in [2.75, 3.05) is 6.61 Å². The molecule has 0 spiro atoms. The first-order chi connectivity index (χ1) is 7.67. The first-order valence-electron chi connectivity index (χ1n) is 5.81. The van der Waals surface area contributed by atoms with Crippen molar-refractivity contribution < 1.29 is 4.74 Å². The van der Waals surface area contributed by atoms with Crippen molar-refractivity contribution in [2.45, 2.75) is 33.6 Å². The van der Waals surface area contributed by atoms with Gasteiger partial charge in [-0.05, 0) is 37.0 Å². The summed E-state index contributed by atoms with van der Waals surface area (Å²) in [7, 11) is 0. The fourth-order valence-electron chi connectivity index (χ4n) is 1.65. The van der Waals surface area contributed by atoms with E-state index >= 15 is 0 Å². The summed E-state index contributed by atoms with van der Waals surface area (Å²) in [6.07, 6.45) is 2.33. The maximum atomic E-state index is 8.95. The molecule has 0 bridgehead atoms. The fourth-order valence-corrected chi connectivity index (χ4v) is 1.65. The molecule has 2 heteroatoms. The minimum absolute atomic E-state index is 0.539. The van der Waals surface area contributed by atoms with Crippen LogP contribution < -0.4 is 4.74 Å². The average molecular weight is 217 g/mol. The Kier molecular flexibility index (Phi) is 4.85. The van der Waals surface area contributed by atoms with Crippen molar-refractivity contribution in [3.8, 4) is 11.8 Å². The molecule has 0 aromatic heterocycles. The van der Waals surface area contributed by atoms with E-state index in [2.05, 4.69) is 19.9 Å². The number of rotatable bonds is 5. The van der Waals surface area contributed by atoms with Crippen LogP contribution in [0.4, 0.5) is 0 Å². The summed E-state index contributed by atoms with van der Waals surface area (Å²) in [5.74, 6) is 1.25. The van der Waals surface area contributed by atoms with E-state index in [0.717, 1.165) is 12.0 Å². The maximum absolute atomic E-state index is 8.95. The lowest BCUT2D eigenvalue weighted by molar-refractivity contribution is 0.251.